The van der Waals surface area contributed by atoms with Crippen molar-refractivity contribution in [2.24, 2.45) is 5.73 Å². The van der Waals surface area contributed by atoms with Crippen LogP contribution in [0, 0.1) is 0 Å². The number of nitrogens with one attached hydrogen (secondary N) is 1. The van der Waals surface area contributed by atoms with E-state index >= 15 is 0 Å². The maximum atomic E-state index is 6.03. The molecule has 0 aromatic carbocycles. The zero-order valence-electron chi connectivity index (χ0n) is 8.82. The van der Waals surface area contributed by atoms with E-state index in [0.717, 1.165) is 11.3 Å². The molecule has 17 heavy (non-hydrogen) atoms. The van der Waals surface area contributed by atoms with Crippen molar-refractivity contribution in [3.63, 3.8) is 0 Å². The van der Waals surface area contributed by atoms with E-state index in [1.165, 1.54) is 11.8 Å². The molecule has 1 aliphatic heterocycles. The Bertz CT molecular complexity index is 523. The van der Waals surface area contributed by atoms with E-state index in [0.29, 0.717) is 5.95 Å². The fraction of sp³-hybridized carbons (Fsp3) is 0.100. The maximum absolute atomic E-state index is 6.03. The van der Waals surface area contributed by atoms with E-state index in [9.17, 15) is 0 Å². The average Bonchev–Trinajstić information content (AvgIpc) is 2.98. The molecule has 0 spiro atoms. The van der Waals surface area contributed by atoms with Crippen molar-refractivity contribution < 1.29 is 0 Å². The Hall–Kier alpha value is -1.86. The predicted molar refractivity (Wildman–Crippen MR) is 66.6 cm³/mol. The zero-order valence-corrected chi connectivity index (χ0v) is 9.63. The van der Waals surface area contributed by atoms with Crippen LogP contribution in [0.25, 0.3) is 5.70 Å². The lowest BCUT2D eigenvalue weighted by molar-refractivity contribution is 0.888. The van der Waals surface area contributed by atoms with E-state index in [1.54, 1.807) is 24.7 Å². The topological polar surface area (TPSA) is 83.7 Å². The summed E-state index contributed by atoms with van der Waals surface area (Å²) >= 11 is 1.53. The first-order valence-corrected chi connectivity index (χ1v) is 5.97. The molecule has 0 amide bonds. The summed E-state index contributed by atoms with van der Waals surface area (Å²) in [6, 6.07) is 1.78. The number of rotatable bonds is 2. The quantitative estimate of drug-likeness (QED) is 0.822. The van der Waals surface area contributed by atoms with Gasteiger partial charge in [0.25, 0.3) is 0 Å². The molecule has 1 atom stereocenters. The van der Waals surface area contributed by atoms with Gasteiger partial charge in [-0.05, 0) is 11.5 Å². The molecule has 0 aliphatic carbocycles. The van der Waals surface area contributed by atoms with Gasteiger partial charge in [-0.15, -0.1) is 0 Å². The Balaban J connectivity index is 2.00. The minimum absolute atomic E-state index is 0.206. The number of thioether (sulfide) groups is 1. The third-order valence-electron chi connectivity index (χ3n) is 2.39. The standard InChI is InChI=1S/C10H10N6S/c11-9-16(10-12-2-1-3-13-10)8(6-17-9)7-4-14-15-5-7/h1-6,9H,11H2,(H,14,15). The molecular weight excluding hydrogens is 236 g/mol. The Morgan fingerprint density at radius 2 is 2.18 bits per heavy atom. The average molecular weight is 246 g/mol. The Morgan fingerprint density at radius 1 is 1.35 bits per heavy atom. The normalized spacial score (nSPS) is 19.5. The van der Waals surface area contributed by atoms with E-state index in [-0.39, 0.29) is 5.50 Å². The highest BCUT2D eigenvalue weighted by atomic mass is 32.2. The third-order valence-corrected chi connectivity index (χ3v) is 3.24. The summed E-state index contributed by atoms with van der Waals surface area (Å²) in [4.78, 5) is 10.3. The molecule has 0 radical (unpaired) electrons. The Kier molecular flexibility index (Phi) is 2.54. The van der Waals surface area contributed by atoms with Crippen LogP contribution in [0.15, 0.2) is 36.3 Å². The van der Waals surface area contributed by atoms with Crippen molar-refractivity contribution >= 4 is 23.4 Å². The van der Waals surface area contributed by atoms with Crippen LogP contribution in [0.1, 0.15) is 5.56 Å². The third kappa shape index (κ3) is 1.79. The molecule has 0 fully saturated rings. The summed E-state index contributed by atoms with van der Waals surface area (Å²) in [7, 11) is 0. The molecule has 3 rings (SSSR count). The maximum Gasteiger partial charge on any atom is 0.231 e. The molecular formula is C10H10N6S. The van der Waals surface area contributed by atoms with Crippen LogP contribution in [0.4, 0.5) is 5.95 Å². The van der Waals surface area contributed by atoms with Crippen molar-refractivity contribution in [1.82, 2.24) is 20.2 Å². The monoisotopic (exact) mass is 246 g/mol. The highest BCUT2D eigenvalue weighted by molar-refractivity contribution is 8.03. The van der Waals surface area contributed by atoms with Crippen LogP contribution in [0.5, 0.6) is 0 Å². The summed E-state index contributed by atoms with van der Waals surface area (Å²) in [5, 5.41) is 8.71. The highest BCUT2D eigenvalue weighted by Gasteiger charge is 2.28. The number of aromatic amines is 1. The number of anilines is 1. The second kappa shape index (κ2) is 4.19. The second-order valence-corrected chi connectivity index (χ2v) is 4.43. The van der Waals surface area contributed by atoms with E-state index in [1.807, 2.05) is 16.5 Å². The Morgan fingerprint density at radius 3 is 2.88 bits per heavy atom. The van der Waals surface area contributed by atoms with E-state index in [4.69, 9.17) is 5.73 Å². The summed E-state index contributed by atoms with van der Waals surface area (Å²) < 4.78 is 0. The van der Waals surface area contributed by atoms with E-state index < -0.39 is 0 Å². The lowest BCUT2D eigenvalue weighted by atomic mass is 10.2. The van der Waals surface area contributed by atoms with Gasteiger partial charge in [0.15, 0.2) is 0 Å². The lowest BCUT2D eigenvalue weighted by Crippen LogP contribution is -2.35. The van der Waals surface area contributed by atoms with Gasteiger partial charge in [-0.1, -0.05) is 11.8 Å². The van der Waals surface area contributed by atoms with Crippen molar-refractivity contribution in [3.05, 3.63) is 41.8 Å². The summed E-state index contributed by atoms with van der Waals surface area (Å²) in [6.07, 6.45) is 6.97. The van der Waals surface area contributed by atoms with Crippen molar-refractivity contribution in [1.29, 1.82) is 0 Å². The van der Waals surface area contributed by atoms with Gasteiger partial charge in [0, 0.05) is 24.2 Å². The highest BCUT2D eigenvalue weighted by Crippen LogP contribution is 2.35. The number of nitrogens with two attached hydrogens (primary N) is 1. The van der Waals surface area contributed by atoms with Gasteiger partial charge in [0.1, 0.15) is 5.50 Å². The van der Waals surface area contributed by atoms with Crippen LogP contribution in [-0.2, 0) is 0 Å². The zero-order chi connectivity index (χ0) is 11.7. The fourth-order valence-electron chi connectivity index (χ4n) is 1.62. The summed E-state index contributed by atoms with van der Waals surface area (Å²) in [5.41, 5.74) is 7.76. The van der Waals surface area contributed by atoms with Gasteiger partial charge in [0.2, 0.25) is 5.95 Å². The first-order valence-electron chi connectivity index (χ1n) is 5.03. The second-order valence-electron chi connectivity index (χ2n) is 3.44. The molecule has 2 aromatic heterocycles. The summed E-state index contributed by atoms with van der Waals surface area (Å²) in [6.45, 7) is 0. The van der Waals surface area contributed by atoms with Gasteiger partial charge in [-0.3, -0.25) is 10.00 Å². The van der Waals surface area contributed by atoms with E-state index in [2.05, 4.69) is 20.2 Å². The molecule has 3 heterocycles. The number of aromatic nitrogens is 4. The first kappa shape index (κ1) is 10.3. The molecule has 0 saturated heterocycles. The molecule has 7 heteroatoms. The van der Waals surface area contributed by atoms with Crippen molar-refractivity contribution in [2.75, 3.05) is 4.90 Å². The number of H-pyrrole nitrogens is 1. The van der Waals surface area contributed by atoms with Crippen LogP contribution < -0.4 is 10.6 Å². The van der Waals surface area contributed by atoms with Gasteiger partial charge < -0.3 is 5.73 Å². The lowest BCUT2D eigenvalue weighted by Gasteiger charge is -2.23. The van der Waals surface area contributed by atoms with Crippen LogP contribution >= 0.6 is 11.8 Å². The SMILES string of the molecule is NC1SC=C(c2cn[nH]c2)N1c1ncccn1. The largest absolute Gasteiger partial charge is 0.302 e. The first-order chi connectivity index (χ1) is 8.36. The van der Waals surface area contributed by atoms with Gasteiger partial charge in [-0.2, -0.15) is 5.10 Å². The molecule has 86 valence electrons. The van der Waals surface area contributed by atoms with Crippen LogP contribution in [0.2, 0.25) is 0 Å². The molecule has 3 N–H and O–H groups in total. The minimum atomic E-state index is -0.206. The van der Waals surface area contributed by atoms with Gasteiger partial charge >= 0.3 is 0 Å². The molecule has 0 bridgehead atoms. The number of nitrogens with zero attached hydrogens (tertiary/aromatic N) is 4. The molecule has 6 nitrogen and oxygen atoms in total. The number of hydrogen-bond donors (Lipinski definition) is 2. The smallest absolute Gasteiger partial charge is 0.231 e. The molecule has 1 aliphatic rings. The molecule has 1 unspecified atom stereocenters. The molecule has 2 aromatic rings. The molecule has 0 saturated carbocycles. The van der Waals surface area contributed by atoms with Crippen LogP contribution in [-0.4, -0.2) is 25.7 Å². The fourth-order valence-corrected chi connectivity index (χ4v) is 2.47. The summed E-state index contributed by atoms with van der Waals surface area (Å²) in [5.74, 6) is 0.595. The minimum Gasteiger partial charge on any atom is -0.302 e. The van der Waals surface area contributed by atoms with Crippen LogP contribution in [0.3, 0.4) is 0 Å². The van der Waals surface area contributed by atoms with Crippen molar-refractivity contribution in [3.8, 4) is 0 Å². The van der Waals surface area contributed by atoms with Gasteiger partial charge in [0.05, 0.1) is 11.9 Å². The number of hydrogen-bond acceptors (Lipinski definition) is 6. The van der Waals surface area contributed by atoms with Gasteiger partial charge in [-0.25, -0.2) is 9.97 Å². The Labute approximate surface area is 102 Å². The van der Waals surface area contributed by atoms with Crippen molar-refractivity contribution in [2.45, 2.75) is 5.50 Å². The predicted octanol–water partition coefficient (Wildman–Crippen LogP) is 0.994.